The molecule has 2 aromatic rings. The number of hydrogen-bond acceptors (Lipinski definition) is 5. The summed E-state index contributed by atoms with van der Waals surface area (Å²) < 4.78 is 10.2. The Morgan fingerprint density at radius 2 is 1.90 bits per heavy atom. The Bertz CT molecular complexity index is 691. The summed E-state index contributed by atoms with van der Waals surface area (Å²) in [4.78, 5) is 11.7. The molecule has 0 saturated carbocycles. The standard InChI is InChI=1S/C16H14O5/c1-20-11-4-2-9(3-5-11)12-8-15(19)21-16-13(12)6-10(17)7-14(16)18/h2-7,12,17-18H,8H2,1H3. The number of rotatable bonds is 2. The van der Waals surface area contributed by atoms with Crippen LogP contribution in [-0.4, -0.2) is 23.3 Å². The largest absolute Gasteiger partial charge is 0.508 e. The van der Waals surface area contributed by atoms with Gasteiger partial charge in [-0.15, -0.1) is 0 Å². The van der Waals surface area contributed by atoms with E-state index in [1.165, 1.54) is 6.07 Å². The van der Waals surface area contributed by atoms with Crippen LogP contribution in [-0.2, 0) is 4.79 Å². The number of carbonyl (C=O) groups excluding carboxylic acids is 1. The Balaban J connectivity index is 2.09. The van der Waals surface area contributed by atoms with E-state index < -0.39 is 5.97 Å². The van der Waals surface area contributed by atoms with Gasteiger partial charge in [-0.1, -0.05) is 12.1 Å². The number of ether oxygens (including phenoxy) is 2. The van der Waals surface area contributed by atoms with Gasteiger partial charge in [-0.3, -0.25) is 4.79 Å². The maximum atomic E-state index is 11.7. The summed E-state index contributed by atoms with van der Waals surface area (Å²) in [5, 5.41) is 19.5. The van der Waals surface area contributed by atoms with Gasteiger partial charge in [0.15, 0.2) is 11.5 Å². The third kappa shape index (κ3) is 2.38. The molecule has 2 N–H and O–H groups in total. The highest BCUT2D eigenvalue weighted by Gasteiger charge is 2.31. The number of phenolic OH excluding ortho intramolecular Hbond substituents is 2. The molecule has 1 aliphatic rings. The number of hydrogen-bond donors (Lipinski definition) is 2. The van der Waals surface area contributed by atoms with Crippen molar-refractivity contribution in [3.63, 3.8) is 0 Å². The van der Waals surface area contributed by atoms with Crippen molar-refractivity contribution in [2.45, 2.75) is 12.3 Å². The number of phenols is 2. The summed E-state index contributed by atoms with van der Waals surface area (Å²) in [6, 6.07) is 9.98. The van der Waals surface area contributed by atoms with Crippen molar-refractivity contribution >= 4 is 5.97 Å². The van der Waals surface area contributed by atoms with E-state index in [0.717, 1.165) is 17.4 Å². The first-order valence-electron chi connectivity index (χ1n) is 6.49. The van der Waals surface area contributed by atoms with Crippen LogP contribution >= 0.6 is 0 Å². The Kier molecular flexibility index (Phi) is 3.17. The predicted molar refractivity (Wildman–Crippen MR) is 74.9 cm³/mol. The minimum Gasteiger partial charge on any atom is -0.508 e. The highest BCUT2D eigenvalue weighted by atomic mass is 16.5. The Morgan fingerprint density at radius 3 is 2.57 bits per heavy atom. The maximum Gasteiger partial charge on any atom is 0.312 e. The molecule has 0 amide bonds. The number of benzene rings is 2. The molecule has 0 aromatic heterocycles. The fourth-order valence-electron chi connectivity index (χ4n) is 2.56. The van der Waals surface area contributed by atoms with Crippen LogP contribution < -0.4 is 9.47 Å². The number of carbonyl (C=O) groups is 1. The molecular formula is C16H14O5. The maximum absolute atomic E-state index is 11.7. The average Bonchev–Trinajstić information content (AvgIpc) is 2.47. The lowest BCUT2D eigenvalue weighted by Crippen LogP contribution is -2.21. The van der Waals surface area contributed by atoms with Crippen LogP contribution in [0.3, 0.4) is 0 Å². The van der Waals surface area contributed by atoms with Crippen molar-refractivity contribution in [1.29, 1.82) is 0 Å². The van der Waals surface area contributed by atoms with E-state index in [2.05, 4.69) is 0 Å². The van der Waals surface area contributed by atoms with Crippen molar-refractivity contribution < 1.29 is 24.5 Å². The van der Waals surface area contributed by atoms with E-state index in [0.29, 0.717) is 5.56 Å². The lowest BCUT2D eigenvalue weighted by molar-refractivity contribution is -0.135. The van der Waals surface area contributed by atoms with Crippen LogP contribution in [0, 0.1) is 0 Å². The monoisotopic (exact) mass is 286 g/mol. The van der Waals surface area contributed by atoms with Gasteiger partial charge in [0.05, 0.1) is 13.5 Å². The second kappa shape index (κ2) is 5.01. The number of methoxy groups -OCH3 is 1. The first-order chi connectivity index (χ1) is 10.1. The molecule has 3 rings (SSSR count). The molecule has 0 saturated heterocycles. The predicted octanol–water partition coefficient (Wildman–Crippen LogP) is 2.55. The van der Waals surface area contributed by atoms with Gasteiger partial charge in [-0.25, -0.2) is 0 Å². The molecule has 1 atom stereocenters. The van der Waals surface area contributed by atoms with Crippen LogP contribution in [0.5, 0.6) is 23.0 Å². The van der Waals surface area contributed by atoms with Gasteiger partial charge in [-0.2, -0.15) is 0 Å². The van der Waals surface area contributed by atoms with Gasteiger partial charge in [0.25, 0.3) is 0 Å². The molecule has 0 bridgehead atoms. The summed E-state index contributed by atoms with van der Waals surface area (Å²) >= 11 is 0. The van der Waals surface area contributed by atoms with Gasteiger partial charge in [0.1, 0.15) is 11.5 Å². The minimum absolute atomic E-state index is 0.0669. The molecule has 5 heteroatoms. The molecule has 0 fully saturated rings. The molecule has 5 nitrogen and oxygen atoms in total. The normalized spacial score (nSPS) is 17.0. The van der Waals surface area contributed by atoms with Crippen molar-refractivity contribution in [2.24, 2.45) is 0 Å². The summed E-state index contributed by atoms with van der Waals surface area (Å²) in [5.41, 5.74) is 1.48. The van der Waals surface area contributed by atoms with Crippen molar-refractivity contribution in [1.82, 2.24) is 0 Å². The lowest BCUT2D eigenvalue weighted by atomic mass is 9.86. The highest BCUT2D eigenvalue weighted by Crippen LogP contribution is 2.45. The quantitative estimate of drug-likeness (QED) is 0.655. The molecule has 108 valence electrons. The molecule has 2 aromatic carbocycles. The molecule has 21 heavy (non-hydrogen) atoms. The van der Waals surface area contributed by atoms with E-state index in [9.17, 15) is 15.0 Å². The number of aromatic hydroxyl groups is 2. The van der Waals surface area contributed by atoms with E-state index >= 15 is 0 Å². The second-order valence-corrected chi connectivity index (χ2v) is 4.89. The van der Waals surface area contributed by atoms with Gasteiger partial charge in [-0.05, 0) is 23.8 Å². The summed E-state index contributed by atoms with van der Waals surface area (Å²) in [6.07, 6.45) is 0.155. The summed E-state index contributed by atoms with van der Waals surface area (Å²) in [5.74, 6) is -0.158. The third-order valence-corrected chi connectivity index (χ3v) is 3.56. The Hall–Kier alpha value is -2.69. The molecule has 0 aliphatic carbocycles. The third-order valence-electron chi connectivity index (χ3n) is 3.56. The number of esters is 1. The van der Waals surface area contributed by atoms with Crippen LogP contribution in [0.15, 0.2) is 36.4 Å². The van der Waals surface area contributed by atoms with Gasteiger partial charge in [0.2, 0.25) is 0 Å². The van der Waals surface area contributed by atoms with Crippen LogP contribution in [0.2, 0.25) is 0 Å². The zero-order chi connectivity index (χ0) is 15.0. The van der Waals surface area contributed by atoms with E-state index in [1.807, 2.05) is 12.1 Å². The first kappa shape index (κ1) is 13.3. The summed E-state index contributed by atoms with van der Waals surface area (Å²) in [7, 11) is 1.58. The van der Waals surface area contributed by atoms with Gasteiger partial charge in [0, 0.05) is 17.5 Å². The molecule has 1 aliphatic heterocycles. The molecular weight excluding hydrogens is 272 g/mol. The number of fused-ring (bicyclic) bond motifs is 1. The smallest absolute Gasteiger partial charge is 0.312 e. The average molecular weight is 286 g/mol. The van der Waals surface area contributed by atoms with Crippen LogP contribution in [0.25, 0.3) is 0 Å². The van der Waals surface area contributed by atoms with Crippen molar-refractivity contribution in [3.8, 4) is 23.0 Å². The Morgan fingerprint density at radius 1 is 1.19 bits per heavy atom. The molecule has 0 spiro atoms. The fourth-order valence-corrected chi connectivity index (χ4v) is 2.56. The minimum atomic E-state index is -0.413. The van der Waals surface area contributed by atoms with E-state index in [-0.39, 0.29) is 29.6 Å². The SMILES string of the molecule is COc1ccc(C2CC(=O)Oc3c(O)cc(O)cc32)cc1. The van der Waals surface area contributed by atoms with E-state index in [4.69, 9.17) is 9.47 Å². The van der Waals surface area contributed by atoms with Crippen LogP contribution in [0.4, 0.5) is 0 Å². The van der Waals surface area contributed by atoms with Crippen LogP contribution in [0.1, 0.15) is 23.5 Å². The summed E-state index contributed by atoms with van der Waals surface area (Å²) in [6.45, 7) is 0. The van der Waals surface area contributed by atoms with E-state index in [1.54, 1.807) is 19.2 Å². The molecule has 0 radical (unpaired) electrons. The lowest BCUT2D eigenvalue weighted by Gasteiger charge is -2.25. The second-order valence-electron chi connectivity index (χ2n) is 4.89. The van der Waals surface area contributed by atoms with Crippen molar-refractivity contribution in [2.75, 3.05) is 7.11 Å². The van der Waals surface area contributed by atoms with Gasteiger partial charge < -0.3 is 19.7 Å². The zero-order valence-electron chi connectivity index (χ0n) is 11.4. The molecule has 1 heterocycles. The fraction of sp³-hybridized carbons (Fsp3) is 0.188. The van der Waals surface area contributed by atoms with Gasteiger partial charge >= 0.3 is 5.97 Å². The Labute approximate surface area is 121 Å². The topological polar surface area (TPSA) is 76.0 Å². The first-order valence-corrected chi connectivity index (χ1v) is 6.49. The molecule has 1 unspecified atom stereocenters. The zero-order valence-corrected chi connectivity index (χ0v) is 11.4. The van der Waals surface area contributed by atoms with Crippen molar-refractivity contribution in [3.05, 3.63) is 47.5 Å². The highest BCUT2D eigenvalue weighted by molar-refractivity contribution is 5.79.